The molecule has 34 heavy (non-hydrogen) atoms. The molecule has 0 spiro atoms. The summed E-state index contributed by atoms with van der Waals surface area (Å²) in [6.07, 6.45) is 1.73. The first-order chi connectivity index (χ1) is 16.3. The van der Waals surface area contributed by atoms with E-state index in [1.165, 1.54) is 11.8 Å². The molecular weight excluding hydrogens is 450 g/mol. The summed E-state index contributed by atoms with van der Waals surface area (Å²) < 4.78 is 6.98. The number of carbonyl (C=O) groups excluding carboxylic acids is 2. The number of carbonyl (C=O) groups is 2. The molecule has 0 aliphatic rings. The van der Waals surface area contributed by atoms with Crippen LogP contribution in [0.15, 0.2) is 60.3 Å². The zero-order valence-electron chi connectivity index (χ0n) is 19.8. The first kappa shape index (κ1) is 25.0. The lowest BCUT2D eigenvalue weighted by molar-refractivity contribution is -0.113. The second-order valence-electron chi connectivity index (χ2n) is 7.75. The first-order valence-electron chi connectivity index (χ1n) is 10.8. The van der Waals surface area contributed by atoms with Crippen molar-refractivity contribution in [3.05, 3.63) is 77.6 Å². The molecule has 0 bridgehead atoms. The summed E-state index contributed by atoms with van der Waals surface area (Å²) in [5, 5.41) is 15.0. The van der Waals surface area contributed by atoms with Gasteiger partial charge in [0, 0.05) is 17.8 Å². The van der Waals surface area contributed by atoms with E-state index in [0.717, 1.165) is 16.8 Å². The minimum Gasteiger partial charge on any atom is -0.497 e. The number of benzene rings is 2. The number of hydrogen-bond acceptors (Lipinski definition) is 6. The second-order valence-corrected chi connectivity index (χ2v) is 8.69. The van der Waals surface area contributed by atoms with Crippen molar-refractivity contribution in [2.45, 2.75) is 38.5 Å². The van der Waals surface area contributed by atoms with Gasteiger partial charge in [0.15, 0.2) is 11.0 Å². The third kappa shape index (κ3) is 6.05. The number of thioether (sulfide) groups is 1. The van der Waals surface area contributed by atoms with Gasteiger partial charge in [-0.1, -0.05) is 30.0 Å². The first-order valence-corrected chi connectivity index (χ1v) is 11.8. The molecule has 9 heteroatoms. The molecule has 178 valence electrons. The Morgan fingerprint density at radius 3 is 2.59 bits per heavy atom. The number of rotatable bonds is 10. The molecular formula is C25H29N5O3S. The number of amides is 2. The van der Waals surface area contributed by atoms with Crippen molar-refractivity contribution in [2.75, 3.05) is 18.2 Å². The van der Waals surface area contributed by atoms with Crippen molar-refractivity contribution in [1.82, 2.24) is 20.1 Å². The molecule has 3 rings (SSSR count). The van der Waals surface area contributed by atoms with Crippen molar-refractivity contribution in [2.24, 2.45) is 0 Å². The maximum atomic E-state index is 12.7. The summed E-state index contributed by atoms with van der Waals surface area (Å²) in [7, 11) is 1.58. The lowest BCUT2D eigenvalue weighted by Crippen LogP contribution is -2.28. The van der Waals surface area contributed by atoms with Crippen LogP contribution in [0.3, 0.4) is 0 Å². The van der Waals surface area contributed by atoms with Crippen LogP contribution in [0, 0.1) is 13.8 Å². The number of allylic oxidation sites excluding steroid dienone is 1. The topological polar surface area (TPSA) is 98.1 Å². The van der Waals surface area contributed by atoms with Crippen molar-refractivity contribution in [1.29, 1.82) is 0 Å². The monoisotopic (exact) mass is 479 g/mol. The molecule has 0 aliphatic carbocycles. The number of aromatic nitrogens is 3. The summed E-state index contributed by atoms with van der Waals surface area (Å²) in [5.74, 6) is 1.08. The van der Waals surface area contributed by atoms with Crippen LogP contribution in [0.5, 0.6) is 5.75 Å². The number of methoxy groups -OCH3 is 1. The van der Waals surface area contributed by atoms with Gasteiger partial charge in [0.05, 0.1) is 18.9 Å². The van der Waals surface area contributed by atoms with Gasteiger partial charge in [0.1, 0.15) is 5.75 Å². The SMILES string of the molecule is C=CCn1c(SCC(=O)Nc2cccc(C)c2C)nnc1[C@H](C)NC(=O)c1ccc(OC)cc1. The molecule has 0 unspecified atom stereocenters. The van der Waals surface area contributed by atoms with E-state index in [4.69, 9.17) is 4.74 Å². The fourth-order valence-electron chi connectivity index (χ4n) is 3.32. The predicted octanol–water partition coefficient (Wildman–Crippen LogP) is 4.31. The Kier molecular flexibility index (Phi) is 8.48. The maximum absolute atomic E-state index is 12.7. The molecule has 0 fully saturated rings. The largest absolute Gasteiger partial charge is 0.497 e. The van der Waals surface area contributed by atoms with Crippen molar-refractivity contribution < 1.29 is 14.3 Å². The van der Waals surface area contributed by atoms with Crippen LogP contribution < -0.4 is 15.4 Å². The van der Waals surface area contributed by atoms with Gasteiger partial charge in [0.2, 0.25) is 5.91 Å². The van der Waals surface area contributed by atoms with Crippen LogP contribution in [0.1, 0.15) is 40.3 Å². The van der Waals surface area contributed by atoms with E-state index in [9.17, 15) is 9.59 Å². The highest BCUT2D eigenvalue weighted by atomic mass is 32.2. The van der Waals surface area contributed by atoms with Gasteiger partial charge in [-0.25, -0.2) is 0 Å². The van der Waals surface area contributed by atoms with Crippen LogP contribution in [0.2, 0.25) is 0 Å². The molecule has 8 nitrogen and oxygen atoms in total. The number of aryl methyl sites for hydroxylation is 1. The Hall–Kier alpha value is -3.59. The van der Waals surface area contributed by atoms with Gasteiger partial charge in [-0.2, -0.15) is 0 Å². The molecule has 0 radical (unpaired) electrons. The smallest absolute Gasteiger partial charge is 0.251 e. The van der Waals surface area contributed by atoms with Gasteiger partial charge in [-0.05, 0) is 62.2 Å². The highest BCUT2D eigenvalue weighted by molar-refractivity contribution is 7.99. The van der Waals surface area contributed by atoms with Gasteiger partial charge in [0.25, 0.3) is 5.91 Å². The summed E-state index contributed by atoms with van der Waals surface area (Å²) in [6.45, 7) is 10.1. The van der Waals surface area contributed by atoms with Crippen LogP contribution in [0.4, 0.5) is 5.69 Å². The molecule has 2 amide bonds. The molecule has 2 aromatic carbocycles. The molecule has 0 aliphatic heterocycles. The van der Waals surface area contributed by atoms with Crippen LogP contribution in [-0.4, -0.2) is 39.4 Å². The van der Waals surface area contributed by atoms with E-state index in [2.05, 4.69) is 27.4 Å². The highest BCUT2D eigenvalue weighted by Gasteiger charge is 2.20. The van der Waals surface area contributed by atoms with Crippen LogP contribution in [-0.2, 0) is 11.3 Å². The van der Waals surface area contributed by atoms with Gasteiger partial charge >= 0.3 is 0 Å². The molecule has 1 heterocycles. The third-order valence-electron chi connectivity index (χ3n) is 5.36. The number of ether oxygens (including phenoxy) is 1. The van der Waals surface area contributed by atoms with Gasteiger partial charge in [-0.3, -0.25) is 9.59 Å². The average Bonchev–Trinajstić information content (AvgIpc) is 3.23. The highest BCUT2D eigenvalue weighted by Crippen LogP contribution is 2.23. The predicted molar refractivity (Wildman–Crippen MR) is 134 cm³/mol. The summed E-state index contributed by atoms with van der Waals surface area (Å²) in [6, 6.07) is 12.3. The Labute approximate surface area is 203 Å². The normalized spacial score (nSPS) is 11.5. The fourth-order valence-corrected chi connectivity index (χ4v) is 4.07. The zero-order chi connectivity index (χ0) is 24.7. The lowest BCUT2D eigenvalue weighted by Gasteiger charge is -2.15. The fraction of sp³-hybridized carbons (Fsp3) is 0.280. The van der Waals surface area contributed by atoms with Gasteiger partial charge < -0.3 is 19.9 Å². The van der Waals surface area contributed by atoms with Crippen LogP contribution in [0.25, 0.3) is 0 Å². The summed E-state index contributed by atoms with van der Waals surface area (Å²) in [4.78, 5) is 25.2. The number of nitrogens with one attached hydrogen (secondary N) is 2. The number of nitrogens with zero attached hydrogens (tertiary/aromatic N) is 3. The quantitative estimate of drug-likeness (QED) is 0.332. The standard InChI is InChI=1S/C25H29N5O3S/c1-6-14-30-23(18(4)26-24(32)19-10-12-20(33-5)13-11-19)28-29-25(30)34-15-22(31)27-21-9-7-8-16(2)17(21)3/h6-13,18H,1,14-15H2,2-5H3,(H,26,32)(H,27,31)/t18-/m0/s1. The Balaban J connectivity index is 1.66. The van der Waals surface area contributed by atoms with E-state index < -0.39 is 6.04 Å². The van der Waals surface area contributed by atoms with E-state index in [0.29, 0.717) is 28.8 Å². The summed E-state index contributed by atoms with van der Waals surface area (Å²) >= 11 is 1.28. The number of anilines is 1. The minimum absolute atomic E-state index is 0.130. The Morgan fingerprint density at radius 1 is 1.18 bits per heavy atom. The number of hydrogen-bond donors (Lipinski definition) is 2. The van der Waals surface area contributed by atoms with E-state index in [1.807, 2.05) is 43.5 Å². The molecule has 3 aromatic rings. The maximum Gasteiger partial charge on any atom is 0.251 e. The molecule has 2 N–H and O–H groups in total. The summed E-state index contributed by atoms with van der Waals surface area (Å²) in [5.41, 5.74) is 3.47. The second kappa shape index (κ2) is 11.5. The van der Waals surface area contributed by atoms with Crippen molar-refractivity contribution >= 4 is 29.3 Å². The van der Waals surface area contributed by atoms with Crippen LogP contribution >= 0.6 is 11.8 Å². The van der Waals surface area contributed by atoms with E-state index in [1.54, 1.807) is 37.5 Å². The molecule has 0 saturated carbocycles. The van der Waals surface area contributed by atoms with Crippen molar-refractivity contribution in [3.63, 3.8) is 0 Å². The Morgan fingerprint density at radius 2 is 1.91 bits per heavy atom. The molecule has 1 aromatic heterocycles. The molecule has 0 saturated heterocycles. The van der Waals surface area contributed by atoms with E-state index >= 15 is 0 Å². The average molecular weight is 480 g/mol. The Bertz CT molecular complexity index is 1170. The van der Waals surface area contributed by atoms with Gasteiger partial charge in [-0.15, -0.1) is 16.8 Å². The minimum atomic E-state index is -0.403. The third-order valence-corrected chi connectivity index (χ3v) is 6.32. The van der Waals surface area contributed by atoms with E-state index in [-0.39, 0.29) is 17.6 Å². The van der Waals surface area contributed by atoms with Crippen molar-refractivity contribution in [3.8, 4) is 5.75 Å². The zero-order valence-corrected chi connectivity index (χ0v) is 20.6. The molecule has 1 atom stereocenters. The lowest BCUT2D eigenvalue weighted by atomic mass is 10.1.